The molecule has 0 N–H and O–H groups in total. The van der Waals surface area contributed by atoms with Gasteiger partial charge in [0.2, 0.25) is 5.95 Å². The molecule has 6 aromatic carbocycles. The number of nitrogens with zero attached hydrogens (tertiary/aromatic N) is 6. The van der Waals surface area contributed by atoms with Crippen molar-refractivity contribution in [2.75, 3.05) is 0 Å². The lowest BCUT2D eigenvalue weighted by atomic mass is 10.1. The van der Waals surface area contributed by atoms with Crippen molar-refractivity contribution < 1.29 is 8.81 Å². The highest BCUT2D eigenvalue weighted by molar-refractivity contribution is 6.23. The van der Waals surface area contributed by atoms with Crippen LogP contribution in [-0.4, -0.2) is 29.1 Å². The van der Waals surface area contributed by atoms with Gasteiger partial charge in [0.15, 0.2) is 17.2 Å². The van der Waals surface area contributed by atoms with E-state index >= 15 is 0 Å². The van der Waals surface area contributed by atoms with Crippen LogP contribution < -0.4 is 0 Å². The van der Waals surface area contributed by atoms with Crippen LogP contribution in [0.25, 0.3) is 89.5 Å². The zero-order valence-electron chi connectivity index (χ0n) is 25.2. The molecule has 0 fully saturated rings. The van der Waals surface area contributed by atoms with Crippen LogP contribution in [0.4, 0.5) is 4.39 Å². The summed E-state index contributed by atoms with van der Waals surface area (Å²) in [6.07, 6.45) is 0. The molecule has 0 aliphatic carbocycles. The van der Waals surface area contributed by atoms with Crippen molar-refractivity contribution in [2.45, 2.75) is 0 Å². The maximum atomic E-state index is 14.3. The second kappa shape index (κ2) is 10.2. The SMILES string of the molecule is Fc1ccc2nc(-n3c4ccccc4c4ccc5c6ccccc6n(-c6nc(-c7ccccc7)nc(-c7ccccc7)n6)c5c43)oc2c1. The Bertz CT molecular complexity index is 2800. The molecule has 10 aromatic rings. The maximum absolute atomic E-state index is 14.3. The molecule has 7 nitrogen and oxygen atoms in total. The number of hydrogen-bond donors (Lipinski definition) is 0. The summed E-state index contributed by atoms with van der Waals surface area (Å²) in [5.74, 6) is 1.24. The Labute approximate surface area is 272 Å². The monoisotopic (exact) mass is 622 g/mol. The van der Waals surface area contributed by atoms with Crippen molar-refractivity contribution in [3.05, 3.63) is 145 Å². The summed E-state index contributed by atoms with van der Waals surface area (Å²) >= 11 is 0. The van der Waals surface area contributed by atoms with Gasteiger partial charge in [-0.05, 0) is 24.3 Å². The first-order chi connectivity index (χ1) is 23.7. The summed E-state index contributed by atoms with van der Waals surface area (Å²) in [6.45, 7) is 0. The normalized spacial score (nSPS) is 11.9. The van der Waals surface area contributed by atoms with Gasteiger partial charge in [0.1, 0.15) is 11.3 Å². The Balaban J connectivity index is 1.38. The highest BCUT2D eigenvalue weighted by Crippen LogP contribution is 2.41. The number of fused-ring (bicyclic) bond motifs is 8. The molecule has 8 heteroatoms. The van der Waals surface area contributed by atoms with E-state index in [0.29, 0.717) is 34.7 Å². The molecule has 0 aliphatic rings. The standard InChI is InChI=1S/C40H23FN6O/c41-26-19-22-31-34(23-26)48-40(42-31)47-33-18-10-8-16-28(33)30-21-20-29-27-15-7-9-17-32(27)46(35(29)36(30)47)39-44-37(24-11-3-1-4-12-24)43-38(45-39)25-13-5-2-6-14-25/h1-23H. The first-order valence-corrected chi connectivity index (χ1v) is 15.6. The van der Waals surface area contributed by atoms with Gasteiger partial charge in [0.25, 0.3) is 0 Å². The Morgan fingerprint density at radius 1 is 0.479 bits per heavy atom. The molecular formula is C40H23FN6O. The van der Waals surface area contributed by atoms with Crippen LogP contribution in [0.1, 0.15) is 0 Å². The van der Waals surface area contributed by atoms with Gasteiger partial charge in [-0.3, -0.25) is 9.13 Å². The number of rotatable bonds is 4. The topological polar surface area (TPSA) is 74.6 Å². The van der Waals surface area contributed by atoms with Gasteiger partial charge in [-0.1, -0.05) is 109 Å². The van der Waals surface area contributed by atoms with Crippen LogP contribution in [-0.2, 0) is 0 Å². The van der Waals surface area contributed by atoms with E-state index in [1.165, 1.54) is 12.1 Å². The summed E-state index contributed by atoms with van der Waals surface area (Å²) in [7, 11) is 0. The Morgan fingerprint density at radius 2 is 1.02 bits per heavy atom. The molecule has 0 unspecified atom stereocenters. The quantitative estimate of drug-likeness (QED) is 0.195. The van der Waals surface area contributed by atoms with E-state index in [-0.39, 0.29) is 5.82 Å². The van der Waals surface area contributed by atoms with E-state index in [1.54, 1.807) is 6.07 Å². The first-order valence-electron chi connectivity index (χ1n) is 15.6. The highest BCUT2D eigenvalue weighted by Gasteiger charge is 2.25. The Kier molecular flexibility index (Phi) is 5.62. The van der Waals surface area contributed by atoms with Crippen LogP contribution >= 0.6 is 0 Å². The van der Waals surface area contributed by atoms with Gasteiger partial charge in [-0.2, -0.15) is 15.0 Å². The van der Waals surface area contributed by atoms with Gasteiger partial charge < -0.3 is 4.42 Å². The first kappa shape index (κ1) is 26.5. The third kappa shape index (κ3) is 3.93. The molecule has 48 heavy (non-hydrogen) atoms. The van der Waals surface area contributed by atoms with Crippen LogP contribution in [0, 0.1) is 5.82 Å². The van der Waals surface area contributed by atoms with E-state index in [9.17, 15) is 4.39 Å². The molecule has 4 aromatic heterocycles. The summed E-state index contributed by atoms with van der Waals surface area (Å²) in [6, 6.07) is 45.4. The lowest BCUT2D eigenvalue weighted by Gasteiger charge is -2.12. The molecule has 0 saturated carbocycles. The van der Waals surface area contributed by atoms with Gasteiger partial charge in [-0.25, -0.2) is 9.37 Å². The van der Waals surface area contributed by atoms with E-state index in [2.05, 4.69) is 34.9 Å². The summed E-state index contributed by atoms with van der Waals surface area (Å²) in [5.41, 5.74) is 6.34. The van der Waals surface area contributed by atoms with Gasteiger partial charge in [-0.15, -0.1) is 0 Å². The molecule has 4 heterocycles. The van der Waals surface area contributed by atoms with E-state index in [0.717, 1.165) is 54.7 Å². The fraction of sp³-hybridized carbons (Fsp3) is 0. The van der Waals surface area contributed by atoms with Crippen LogP contribution in [0.5, 0.6) is 0 Å². The minimum absolute atomic E-state index is 0.344. The summed E-state index contributed by atoms with van der Waals surface area (Å²) in [5, 5.41) is 4.11. The Hall–Kier alpha value is -6.67. The molecule has 0 spiro atoms. The minimum Gasteiger partial charge on any atom is -0.423 e. The largest absolute Gasteiger partial charge is 0.423 e. The van der Waals surface area contributed by atoms with Crippen LogP contribution in [0.2, 0.25) is 0 Å². The Morgan fingerprint density at radius 3 is 1.65 bits per heavy atom. The van der Waals surface area contributed by atoms with Gasteiger partial charge in [0.05, 0.1) is 22.1 Å². The highest BCUT2D eigenvalue weighted by atomic mass is 19.1. The fourth-order valence-electron chi connectivity index (χ4n) is 6.79. The summed E-state index contributed by atoms with van der Waals surface area (Å²) < 4.78 is 24.7. The van der Waals surface area contributed by atoms with Crippen molar-refractivity contribution in [3.63, 3.8) is 0 Å². The molecular weight excluding hydrogens is 599 g/mol. The molecule has 226 valence electrons. The van der Waals surface area contributed by atoms with E-state index in [4.69, 9.17) is 24.4 Å². The zero-order chi connectivity index (χ0) is 31.8. The van der Waals surface area contributed by atoms with Crippen molar-refractivity contribution in [2.24, 2.45) is 0 Å². The molecule has 0 aliphatic heterocycles. The summed E-state index contributed by atoms with van der Waals surface area (Å²) in [4.78, 5) is 20.0. The van der Waals surface area contributed by atoms with Crippen molar-refractivity contribution in [1.82, 2.24) is 29.1 Å². The number of aromatic nitrogens is 6. The molecule has 0 bridgehead atoms. The van der Waals surface area contributed by atoms with Gasteiger partial charge in [0, 0.05) is 38.7 Å². The average Bonchev–Trinajstić information content (AvgIpc) is 3.81. The van der Waals surface area contributed by atoms with Crippen molar-refractivity contribution in [3.8, 4) is 34.7 Å². The molecule has 0 amide bonds. The number of para-hydroxylation sites is 2. The smallest absolute Gasteiger partial charge is 0.307 e. The molecule has 0 radical (unpaired) electrons. The lowest BCUT2D eigenvalue weighted by molar-refractivity contribution is 0.568. The molecule has 0 atom stereocenters. The van der Waals surface area contributed by atoms with Crippen LogP contribution in [0.3, 0.4) is 0 Å². The molecule has 0 saturated heterocycles. The van der Waals surface area contributed by atoms with Crippen LogP contribution in [0.15, 0.2) is 144 Å². The third-order valence-corrected chi connectivity index (χ3v) is 8.89. The zero-order valence-corrected chi connectivity index (χ0v) is 25.2. The van der Waals surface area contributed by atoms with Crippen molar-refractivity contribution in [1.29, 1.82) is 0 Å². The third-order valence-electron chi connectivity index (χ3n) is 8.89. The minimum atomic E-state index is -0.381. The number of benzene rings is 6. The predicted molar refractivity (Wildman–Crippen MR) is 187 cm³/mol. The second-order valence-corrected chi connectivity index (χ2v) is 11.7. The van der Waals surface area contributed by atoms with Gasteiger partial charge >= 0.3 is 6.01 Å². The lowest BCUT2D eigenvalue weighted by Crippen LogP contribution is -2.07. The molecule has 10 rings (SSSR count). The number of halogens is 1. The average molecular weight is 623 g/mol. The van der Waals surface area contributed by atoms with E-state index < -0.39 is 0 Å². The second-order valence-electron chi connectivity index (χ2n) is 11.7. The number of hydrogen-bond acceptors (Lipinski definition) is 5. The van der Waals surface area contributed by atoms with Crippen molar-refractivity contribution >= 4 is 54.7 Å². The maximum Gasteiger partial charge on any atom is 0.307 e. The number of oxazole rings is 1. The fourth-order valence-corrected chi connectivity index (χ4v) is 6.79. The van der Waals surface area contributed by atoms with E-state index in [1.807, 2.05) is 95.6 Å². The predicted octanol–water partition coefficient (Wildman–Crippen LogP) is 9.68.